The summed E-state index contributed by atoms with van der Waals surface area (Å²) in [5.41, 5.74) is 0.356. The molecule has 13 heavy (non-hydrogen) atoms. The van der Waals surface area contributed by atoms with Crippen LogP contribution in [0.1, 0.15) is 5.69 Å². The Kier molecular flexibility index (Phi) is 3.74. The van der Waals surface area contributed by atoms with E-state index in [4.69, 9.17) is 14.7 Å². The van der Waals surface area contributed by atoms with Crippen LogP contribution < -0.4 is 4.74 Å². The normalized spacial score (nSPS) is 9.23. The van der Waals surface area contributed by atoms with Gasteiger partial charge < -0.3 is 9.47 Å². The number of rotatable bonds is 4. The van der Waals surface area contributed by atoms with E-state index in [9.17, 15) is 0 Å². The summed E-state index contributed by atoms with van der Waals surface area (Å²) >= 11 is 0. The molecule has 0 bridgehead atoms. The van der Waals surface area contributed by atoms with Crippen molar-refractivity contribution in [1.29, 1.82) is 5.26 Å². The monoisotopic (exact) mass is 178 g/mol. The van der Waals surface area contributed by atoms with E-state index in [2.05, 4.69) is 4.98 Å². The fourth-order valence-electron chi connectivity index (χ4n) is 0.787. The molecule has 0 radical (unpaired) electrons. The van der Waals surface area contributed by atoms with Crippen LogP contribution in [0.4, 0.5) is 0 Å². The van der Waals surface area contributed by atoms with Crippen molar-refractivity contribution in [1.82, 2.24) is 4.98 Å². The summed E-state index contributed by atoms with van der Waals surface area (Å²) in [5.74, 6) is 0.455. The van der Waals surface area contributed by atoms with Crippen molar-refractivity contribution in [3.63, 3.8) is 0 Å². The van der Waals surface area contributed by atoms with Crippen molar-refractivity contribution in [3.05, 3.63) is 23.9 Å². The van der Waals surface area contributed by atoms with Crippen LogP contribution in [0, 0.1) is 11.3 Å². The van der Waals surface area contributed by atoms with Crippen LogP contribution in [0.25, 0.3) is 0 Å². The Morgan fingerprint density at radius 1 is 1.46 bits per heavy atom. The standard InChI is InChI=1S/C9H10N2O2/c1-12-5-6-13-9-4-2-3-8(7-10)11-9/h2-4H,5-6H2,1H3. The van der Waals surface area contributed by atoms with E-state index >= 15 is 0 Å². The average molecular weight is 178 g/mol. The van der Waals surface area contributed by atoms with Crippen molar-refractivity contribution in [2.45, 2.75) is 0 Å². The maximum atomic E-state index is 8.54. The highest BCUT2D eigenvalue weighted by molar-refractivity contribution is 5.24. The quantitative estimate of drug-likeness (QED) is 0.645. The number of hydrogen-bond donors (Lipinski definition) is 0. The highest BCUT2D eigenvalue weighted by Gasteiger charge is 1.96. The maximum absolute atomic E-state index is 8.54. The number of hydrogen-bond acceptors (Lipinski definition) is 4. The molecule has 0 fully saturated rings. The molecule has 0 N–H and O–H groups in total. The molecule has 0 saturated heterocycles. The molecule has 0 spiro atoms. The molecule has 1 aromatic heterocycles. The number of pyridine rings is 1. The van der Waals surface area contributed by atoms with Crippen LogP contribution >= 0.6 is 0 Å². The number of nitriles is 1. The molecule has 0 unspecified atom stereocenters. The molecule has 1 rings (SSSR count). The highest BCUT2D eigenvalue weighted by Crippen LogP contribution is 2.06. The molecule has 4 heteroatoms. The second kappa shape index (κ2) is 5.12. The van der Waals surface area contributed by atoms with Gasteiger partial charge in [-0.25, -0.2) is 4.98 Å². The molecule has 0 amide bonds. The molecule has 0 aliphatic rings. The molecule has 0 aliphatic heterocycles. The van der Waals surface area contributed by atoms with Gasteiger partial charge in [0, 0.05) is 13.2 Å². The first-order chi connectivity index (χ1) is 6.36. The van der Waals surface area contributed by atoms with E-state index in [1.165, 1.54) is 0 Å². The van der Waals surface area contributed by atoms with E-state index in [0.29, 0.717) is 24.8 Å². The third kappa shape index (κ3) is 3.09. The largest absolute Gasteiger partial charge is 0.475 e. The first-order valence-electron chi connectivity index (χ1n) is 3.85. The molecule has 1 heterocycles. The van der Waals surface area contributed by atoms with Crippen molar-refractivity contribution in [2.24, 2.45) is 0 Å². The first kappa shape index (κ1) is 9.49. The van der Waals surface area contributed by atoms with Crippen molar-refractivity contribution in [2.75, 3.05) is 20.3 Å². The van der Waals surface area contributed by atoms with Crippen LogP contribution in [-0.4, -0.2) is 25.3 Å². The summed E-state index contributed by atoms with van der Waals surface area (Å²) in [6.07, 6.45) is 0. The van der Waals surface area contributed by atoms with Crippen LogP contribution in [0.2, 0.25) is 0 Å². The van der Waals surface area contributed by atoms with Crippen LogP contribution in [-0.2, 0) is 4.74 Å². The lowest BCUT2D eigenvalue weighted by Gasteiger charge is -2.03. The molecule has 1 aromatic rings. The molecule has 0 aliphatic carbocycles. The van der Waals surface area contributed by atoms with Gasteiger partial charge in [0.25, 0.3) is 0 Å². The predicted octanol–water partition coefficient (Wildman–Crippen LogP) is 0.978. The molecular formula is C9H10N2O2. The van der Waals surface area contributed by atoms with Gasteiger partial charge in [-0.1, -0.05) is 6.07 Å². The molecule has 68 valence electrons. The van der Waals surface area contributed by atoms with Gasteiger partial charge in [-0.3, -0.25) is 0 Å². The van der Waals surface area contributed by atoms with Crippen LogP contribution in [0.3, 0.4) is 0 Å². The number of methoxy groups -OCH3 is 1. The zero-order chi connectivity index (χ0) is 9.52. The molecular weight excluding hydrogens is 168 g/mol. The van der Waals surface area contributed by atoms with Gasteiger partial charge in [-0.2, -0.15) is 5.26 Å². The Morgan fingerprint density at radius 2 is 2.31 bits per heavy atom. The fourth-order valence-corrected chi connectivity index (χ4v) is 0.787. The summed E-state index contributed by atoms with van der Waals surface area (Å²) in [5, 5.41) is 8.54. The second-order valence-corrected chi connectivity index (χ2v) is 2.31. The number of ether oxygens (including phenoxy) is 2. The number of aromatic nitrogens is 1. The van der Waals surface area contributed by atoms with Crippen molar-refractivity contribution < 1.29 is 9.47 Å². The van der Waals surface area contributed by atoms with Crippen LogP contribution in [0.15, 0.2) is 18.2 Å². The zero-order valence-electron chi connectivity index (χ0n) is 7.36. The predicted molar refractivity (Wildman–Crippen MR) is 46.3 cm³/mol. The Balaban J connectivity index is 2.52. The van der Waals surface area contributed by atoms with Gasteiger partial charge in [-0.05, 0) is 6.07 Å². The van der Waals surface area contributed by atoms with E-state index < -0.39 is 0 Å². The van der Waals surface area contributed by atoms with Gasteiger partial charge in [0.1, 0.15) is 18.4 Å². The Labute approximate surface area is 76.7 Å². The average Bonchev–Trinajstić information content (AvgIpc) is 2.19. The third-order valence-corrected chi connectivity index (χ3v) is 1.38. The maximum Gasteiger partial charge on any atom is 0.214 e. The molecule has 0 aromatic carbocycles. The summed E-state index contributed by atoms with van der Waals surface area (Å²) < 4.78 is 10.0. The van der Waals surface area contributed by atoms with Crippen molar-refractivity contribution >= 4 is 0 Å². The summed E-state index contributed by atoms with van der Waals surface area (Å²) in [7, 11) is 1.60. The Morgan fingerprint density at radius 3 is 3.00 bits per heavy atom. The Bertz CT molecular complexity index is 307. The number of nitrogens with zero attached hydrogens (tertiary/aromatic N) is 2. The smallest absolute Gasteiger partial charge is 0.214 e. The first-order valence-corrected chi connectivity index (χ1v) is 3.85. The highest BCUT2D eigenvalue weighted by atomic mass is 16.5. The lowest BCUT2D eigenvalue weighted by atomic mass is 10.4. The molecule has 0 saturated carbocycles. The third-order valence-electron chi connectivity index (χ3n) is 1.38. The van der Waals surface area contributed by atoms with Crippen molar-refractivity contribution in [3.8, 4) is 11.9 Å². The minimum atomic E-state index is 0.356. The fraction of sp³-hybridized carbons (Fsp3) is 0.333. The minimum absolute atomic E-state index is 0.356. The van der Waals surface area contributed by atoms with E-state index in [1.807, 2.05) is 6.07 Å². The van der Waals surface area contributed by atoms with Crippen LogP contribution in [0.5, 0.6) is 5.88 Å². The minimum Gasteiger partial charge on any atom is -0.475 e. The summed E-state index contributed by atoms with van der Waals surface area (Å²) in [4.78, 5) is 3.92. The van der Waals surface area contributed by atoms with E-state index in [1.54, 1.807) is 25.3 Å². The van der Waals surface area contributed by atoms with Gasteiger partial charge in [0.2, 0.25) is 5.88 Å². The Hall–Kier alpha value is -1.60. The van der Waals surface area contributed by atoms with E-state index in [0.717, 1.165) is 0 Å². The van der Waals surface area contributed by atoms with Gasteiger partial charge >= 0.3 is 0 Å². The van der Waals surface area contributed by atoms with Gasteiger partial charge in [0.15, 0.2) is 0 Å². The molecule has 0 atom stereocenters. The van der Waals surface area contributed by atoms with Gasteiger partial charge in [0.05, 0.1) is 6.61 Å². The van der Waals surface area contributed by atoms with E-state index in [-0.39, 0.29) is 0 Å². The zero-order valence-corrected chi connectivity index (χ0v) is 7.36. The summed E-state index contributed by atoms with van der Waals surface area (Å²) in [6, 6.07) is 7.00. The SMILES string of the molecule is COCCOc1cccc(C#N)n1. The topological polar surface area (TPSA) is 55.1 Å². The summed E-state index contributed by atoms with van der Waals surface area (Å²) in [6.45, 7) is 0.955. The lowest BCUT2D eigenvalue weighted by molar-refractivity contribution is 0.143. The molecule has 4 nitrogen and oxygen atoms in total. The van der Waals surface area contributed by atoms with Gasteiger partial charge in [-0.15, -0.1) is 0 Å². The lowest BCUT2D eigenvalue weighted by Crippen LogP contribution is -2.05. The second-order valence-electron chi connectivity index (χ2n) is 2.31.